The average Bonchev–Trinajstić information content (AvgIpc) is 2.64. The molecule has 0 saturated carbocycles. The summed E-state index contributed by atoms with van der Waals surface area (Å²) in [5.41, 5.74) is 6.56. The summed E-state index contributed by atoms with van der Waals surface area (Å²) in [5, 5.41) is 9.58. The Labute approximate surface area is 108 Å². The van der Waals surface area contributed by atoms with Crippen LogP contribution in [0.2, 0.25) is 0 Å². The fourth-order valence-corrected chi connectivity index (χ4v) is 1.29. The van der Waals surface area contributed by atoms with Crippen LogP contribution in [0.4, 0.5) is 0 Å². The Morgan fingerprint density at radius 2 is 2.24 bits per heavy atom. The lowest BCUT2D eigenvalue weighted by Crippen LogP contribution is -2.55. The van der Waals surface area contributed by atoms with Crippen LogP contribution in [-0.4, -0.2) is 28.2 Å². The van der Waals surface area contributed by atoms with Gasteiger partial charge in [-0.3, -0.25) is 9.89 Å². The van der Waals surface area contributed by atoms with Crippen molar-refractivity contribution in [2.75, 3.05) is 6.54 Å². The van der Waals surface area contributed by atoms with Crippen LogP contribution in [0, 0.1) is 12.8 Å². The topological polar surface area (TPSA) is 83.8 Å². The SMILES string of the molecule is Cc1cc(C(=O)NC(C)(CN)C(C)C)n[nH]1.Cl. The summed E-state index contributed by atoms with van der Waals surface area (Å²) in [5.74, 6) is 0.0764. The van der Waals surface area contributed by atoms with Gasteiger partial charge in [0, 0.05) is 12.2 Å². The zero-order valence-electron chi connectivity index (χ0n) is 10.7. The molecule has 1 atom stereocenters. The lowest BCUT2D eigenvalue weighted by Gasteiger charge is -2.33. The number of aromatic amines is 1. The third-order valence-electron chi connectivity index (χ3n) is 3.04. The normalized spacial score (nSPS) is 14.0. The Hall–Kier alpha value is -1.07. The van der Waals surface area contributed by atoms with Gasteiger partial charge in [-0.25, -0.2) is 0 Å². The van der Waals surface area contributed by atoms with Crippen LogP contribution in [0.3, 0.4) is 0 Å². The molecule has 0 bridgehead atoms. The van der Waals surface area contributed by atoms with E-state index in [4.69, 9.17) is 5.73 Å². The molecule has 1 amide bonds. The van der Waals surface area contributed by atoms with E-state index >= 15 is 0 Å². The van der Waals surface area contributed by atoms with E-state index in [2.05, 4.69) is 15.5 Å². The number of amides is 1. The van der Waals surface area contributed by atoms with Crippen LogP contribution in [0.25, 0.3) is 0 Å². The number of hydrogen-bond donors (Lipinski definition) is 3. The highest BCUT2D eigenvalue weighted by Gasteiger charge is 2.29. The number of aryl methyl sites for hydroxylation is 1. The highest BCUT2D eigenvalue weighted by molar-refractivity contribution is 5.92. The van der Waals surface area contributed by atoms with Crippen LogP contribution < -0.4 is 11.1 Å². The van der Waals surface area contributed by atoms with Crippen molar-refractivity contribution in [1.29, 1.82) is 0 Å². The van der Waals surface area contributed by atoms with Crippen molar-refractivity contribution in [2.45, 2.75) is 33.2 Å². The van der Waals surface area contributed by atoms with Gasteiger partial charge in [0.2, 0.25) is 0 Å². The molecule has 0 aromatic carbocycles. The molecule has 0 aliphatic heterocycles. The Morgan fingerprint density at radius 1 is 1.65 bits per heavy atom. The molecule has 0 saturated heterocycles. The monoisotopic (exact) mass is 260 g/mol. The number of nitrogens with zero attached hydrogens (tertiary/aromatic N) is 1. The van der Waals surface area contributed by atoms with E-state index in [1.54, 1.807) is 6.07 Å². The molecule has 0 aliphatic carbocycles. The molecule has 0 fully saturated rings. The molecule has 4 N–H and O–H groups in total. The summed E-state index contributed by atoms with van der Waals surface area (Å²) in [6.07, 6.45) is 0. The summed E-state index contributed by atoms with van der Waals surface area (Å²) in [4.78, 5) is 11.9. The van der Waals surface area contributed by atoms with E-state index in [0.717, 1.165) is 5.69 Å². The largest absolute Gasteiger partial charge is 0.344 e. The lowest BCUT2D eigenvalue weighted by atomic mass is 9.88. The first kappa shape index (κ1) is 15.9. The molecule has 1 aromatic rings. The van der Waals surface area contributed by atoms with E-state index in [1.807, 2.05) is 27.7 Å². The van der Waals surface area contributed by atoms with Crippen LogP contribution in [-0.2, 0) is 0 Å². The highest BCUT2D eigenvalue weighted by atomic mass is 35.5. The minimum Gasteiger partial charge on any atom is -0.344 e. The first-order valence-corrected chi connectivity index (χ1v) is 5.43. The second-order valence-electron chi connectivity index (χ2n) is 4.67. The van der Waals surface area contributed by atoms with Gasteiger partial charge in [0.1, 0.15) is 5.69 Å². The molecule has 0 aliphatic rings. The van der Waals surface area contributed by atoms with E-state index < -0.39 is 5.54 Å². The zero-order chi connectivity index (χ0) is 12.3. The summed E-state index contributed by atoms with van der Waals surface area (Å²) in [7, 11) is 0. The number of halogens is 1. The molecule has 6 heteroatoms. The Bertz CT molecular complexity index is 377. The van der Waals surface area contributed by atoms with Gasteiger partial charge < -0.3 is 11.1 Å². The van der Waals surface area contributed by atoms with Gasteiger partial charge in [-0.15, -0.1) is 12.4 Å². The van der Waals surface area contributed by atoms with E-state index in [9.17, 15) is 4.79 Å². The van der Waals surface area contributed by atoms with Crippen molar-refractivity contribution >= 4 is 18.3 Å². The molecule has 5 nitrogen and oxygen atoms in total. The molecule has 17 heavy (non-hydrogen) atoms. The summed E-state index contributed by atoms with van der Waals surface area (Å²) in [6, 6.07) is 1.71. The predicted octanol–water partition coefficient (Wildman–Crippen LogP) is 1.24. The molecule has 1 heterocycles. The second kappa shape index (κ2) is 6.02. The van der Waals surface area contributed by atoms with Crippen molar-refractivity contribution < 1.29 is 4.79 Å². The van der Waals surface area contributed by atoms with Crippen LogP contribution in [0.15, 0.2) is 6.07 Å². The summed E-state index contributed by atoms with van der Waals surface area (Å²) < 4.78 is 0. The second-order valence-corrected chi connectivity index (χ2v) is 4.67. The number of H-pyrrole nitrogens is 1. The summed E-state index contributed by atoms with van der Waals surface area (Å²) in [6.45, 7) is 8.26. The van der Waals surface area contributed by atoms with Gasteiger partial charge >= 0.3 is 0 Å². The van der Waals surface area contributed by atoms with Crippen molar-refractivity contribution in [3.05, 3.63) is 17.5 Å². The Morgan fingerprint density at radius 3 is 2.59 bits per heavy atom. The smallest absolute Gasteiger partial charge is 0.272 e. The van der Waals surface area contributed by atoms with Crippen LogP contribution >= 0.6 is 12.4 Å². The molecule has 0 radical (unpaired) electrons. The van der Waals surface area contributed by atoms with Gasteiger partial charge in [-0.05, 0) is 25.8 Å². The molecular weight excluding hydrogens is 240 g/mol. The van der Waals surface area contributed by atoms with Crippen LogP contribution in [0.5, 0.6) is 0 Å². The quantitative estimate of drug-likeness (QED) is 0.762. The van der Waals surface area contributed by atoms with Gasteiger partial charge in [0.15, 0.2) is 0 Å². The molecule has 1 rings (SSSR count). The third kappa shape index (κ3) is 3.71. The fourth-order valence-electron chi connectivity index (χ4n) is 1.29. The number of carbonyl (C=O) groups excluding carboxylic acids is 1. The Kier molecular flexibility index (Phi) is 5.64. The maximum atomic E-state index is 11.9. The molecule has 1 unspecified atom stereocenters. The minimum absolute atomic E-state index is 0. The molecule has 1 aromatic heterocycles. The first-order valence-electron chi connectivity index (χ1n) is 5.43. The fraction of sp³-hybridized carbons (Fsp3) is 0.636. The van der Waals surface area contributed by atoms with Gasteiger partial charge in [0.25, 0.3) is 5.91 Å². The molecule has 98 valence electrons. The number of carbonyl (C=O) groups is 1. The van der Waals surface area contributed by atoms with E-state index in [1.165, 1.54) is 0 Å². The van der Waals surface area contributed by atoms with Gasteiger partial charge in [-0.1, -0.05) is 13.8 Å². The number of hydrogen-bond acceptors (Lipinski definition) is 3. The van der Waals surface area contributed by atoms with E-state index in [-0.39, 0.29) is 24.2 Å². The van der Waals surface area contributed by atoms with Gasteiger partial charge in [0.05, 0.1) is 5.54 Å². The first-order chi connectivity index (χ1) is 7.39. The average molecular weight is 261 g/mol. The van der Waals surface area contributed by atoms with Crippen molar-refractivity contribution in [2.24, 2.45) is 11.7 Å². The minimum atomic E-state index is -0.399. The predicted molar refractivity (Wildman–Crippen MR) is 70.3 cm³/mol. The van der Waals surface area contributed by atoms with E-state index in [0.29, 0.717) is 12.2 Å². The molecular formula is C11H21ClN4O. The van der Waals surface area contributed by atoms with Crippen molar-refractivity contribution in [3.8, 4) is 0 Å². The molecule has 0 spiro atoms. The zero-order valence-corrected chi connectivity index (χ0v) is 11.5. The Balaban J connectivity index is 0.00000256. The number of aromatic nitrogens is 2. The highest BCUT2D eigenvalue weighted by Crippen LogP contribution is 2.15. The number of nitrogens with one attached hydrogen (secondary N) is 2. The maximum Gasteiger partial charge on any atom is 0.272 e. The number of nitrogens with two attached hydrogens (primary N) is 1. The third-order valence-corrected chi connectivity index (χ3v) is 3.04. The van der Waals surface area contributed by atoms with Crippen molar-refractivity contribution in [3.63, 3.8) is 0 Å². The standard InChI is InChI=1S/C11H20N4O.ClH/c1-7(2)11(4,6-12)13-10(16)9-5-8(3)14-15-9;/h5,7H,6,12H2,1-4H3,(H,13,16)(H,14,15);1H. The summed E-state index contributed by atoms with van der Waals surface area (Å²) >= 11 is 0. The van der Waals surface area contributed by atoms with Crippen molar-refractivity contribution in [1.82, 2.24) is 15.5 Å². The van der Waals surface area contributed by atoms with Crippen LogP contribution in [0.1, 0.15) is 37.0 Å². The number of rotatable bonds is 4. The van der Waals surface area contributed by atoms with Gasteiger partial charge in [-0.2, -0.15) is 5.10 Å². The lowest BCUT2D eigenvalue weighted by molar-refractivity contribution is 0.0878. The maximum absolute atomic E-state index is 11.9.